The molecule has 0 spiro atoms. The molecule has 17 heavy (non-hydrogen) atoms. The second-order valence-corrected chi connectivity index (χ2v) is 3.68. The van der Waals surface area contributed by atoms with Gasteiger partial charge in [-0.3, -0.25) is 10.1 Å². The minimum absolute atomic E-state index is 0.133. The van der Waals surface area contributed by atoms with Crippen LogP contribution in [0, 0.1) is 6.92 Å². The van der Waals surface area contributed by atoms with Crippen molar-refractivity contribution >= 4 is 11.9 Å². The summed E-state index contributed by atoms with van der Waals surface area (Å²) in [5.41, 5.74) is 1.95. The Kier molecular flexibility index (Phi) is 3.18. The number of carbonyl (C=O) groups is 1. The quantitative estimate of drug-likeness (QED) is 0.880. The van der Waals surface area contributed by atoms with Gasteiger partial charge in [0.2, 0.25) is 11.8 Å². The summed E-state index contributed by atoms with van der Waals surface area (Å²) in [7, 11) is 0. The van der Waals surface area contributed by atoms with Crippen LogP contribution in [-0.4, -0.2) is 16.1 Å². The molecule has 5 heteroatoms. The zero-order chi connectivity index (χ0) is 12.3. The van der Waals surface area contributed by atoms with E-state index in [9.17, 15) is 4.79 Å². The van der Waals surface area contributed by atoms with Gasteiger partial charge < -0.3 is 4.42 Å². The van der Waals surface area contributed by atoms with Gasteiger partial charge in [0, 0.05) is 12.0 Å². The van der Waals surface area contributed by atoms with Gasteiger partial charge in [0.1, 0.15) is 0 Å². The fourth-order valence-electron chi connectivity index (χ4n) is 1.38. The Labute approximate surface area is 98.9 Å². The lowest BCUT2D eigenvalue weighted by Crippen LogP contribution is -2.09. The number of hydrogen-bond donors (Lipinski definition) is 1. The van der Waals surface area contributed by atoms with E-state index in [1.807, 2.05) is 31.2 Å². The van der Waals surface area contributed by atoms with Crippen LogP contribution in [0.2, 0.25) is 0 Å². The van der Waals surface area contributed by atoms with Crippen LogP contribution in [0.15, 0.2) is 28.7 Å². The second kappa shape index (κ2) is 4.78. The fraction of sp³-hybridized carbons (Fsp3) is 0.250. The van der Waals surface area contributed by atoms with E-state index in [-0.39, 0.29) is 11.9 Å². The van der Waals surface area contributed by atoms with E-state index < -0.39 is 0 Å². The summed E-state index contributed by atoms with van der Waals surface area (Å²) in [6.07, 6.45) is 0.377. The Morgan fingerprint density at radius 3 is 2.94 bits per heavy atom. The maximum Gasteiger partial charge on any atom is 0.322 e. The van der Waals surface area contributed by atoms with Gasteiger partial charge in [-0.2, -0.15) is 0 Å². The molecule has 0 aliphatic rings. The Balaban J connectivity index is 2.21. The topological polar surface area (TPSA) is 68.0 Å². The first-order chi connectivity index (χ1) is 8.19. The molecule has 1 amide bonds. The highest BCUT2D eigenvalue weighted by atomic mass is 16.4. The molecular formula is C12H13N3O2. The normalized spacial score (nSPS) is 10.2. The van der Waals surface area contributed by atoms with Crippen LogP contribution in [0.1, 0.15) is 18.9 Å². The lowest BCUT2D eigenvalue weighted by molar-refractivity contribution is -0.116. The molecule has 1 aromatic carbocycles. The third-order valence-electron chi connectivity index (χ3n) is 2.26. The molecule has 2 aromatic rings. The average molecular weight is 231 g/mol. The van der Waals surface area contributed by atoms with Crippen LogP contribution >= 0.6 is 0 Å². The molecule has 0 aliphatic carbocycles. The van der Waals surface area contributed by atoms with E-state index in [2.05, 4.69) is 15.5 Å². The Morgan fingerprint density at radius 1 is 1.41 bits per heavy atom. The zero-order valence-electron chi connectivity index (χ0n) is 9.73. The van der Waals surface area contributed by atoms with Gasteiger partial charge in [0.25, 0.3) is 0 Å². The van der Waals surface area contributed by atoms with Crippen LogP contribution in [0.25, 0.3) is 11.5 Å². The first kappa shape index (κ1) is 11.3. The number of benzene rings is 1. The number of aryl methyl sites for hydroxylation is 1. The first-order valence-corrected chi connectivity index (χ1v) is 5.39. The Morgan fingerprint density at radius 2 is 2.24 bits per heavy atom. The number of nitrogens with zero attached hydrogens (tertiary/aromatic N) is 2. The summed E-state index contributed by atoms with van der Waals surface area (Å²) in [6, 6.07) is 7.86. The van der Waals surface area contributed by atoms with Crippen LogP contribution in [-0.2, 0) is 4.79 Å². The molecule has 5 nitrogen and oxygen atoms in total. The van der Waals surface area contributed by atoms with Gasteiger partial charge in [-0.25, -0.2) is 0 Å². The number of hydrogen-bond acceptors (Lipinski definition) is 4. The van der Waals surface area contributed by atoms with Crippen molar-refractivity contribution in [3.05, 3.63) is 29.8 Å². The SMILES string of the molecule is CCC(=O)Nc1nnc(-c2cccc(C)c2)o1. The van der Waals surface area contributed by atoms with Crippen LogP contribution in [0.5, 0.6) is 0 Å². The first-order valence-electron chi connectivity index (χ1n) is 5.39. The molecule has 88 valence electrons. The highest BCUT2D eigenvalue weighted by Gasteiger charge is 2.09. The van der Waals surface area contributed by atoms with E-state index in [0.717, 1.165) is 11.1 Å². The van der Waals surface area contributed by atoms with Crippen LogP contribution in [0.4, 0.5) is 6.01 Å². The van der Waals surface area contributed by atoms with Gasteiger partial charge in [-0.1, -0.05) is 29.7 Å². The van der Waals surface area contributed by atoms with Gasteiger partial charge in [-0.05, 0) is 19.1 Å². The van der Waals surface area contributed by atoms with Crippen molar-refractivity contribution in [2.75, 3.05) is 5.32 Å². The Bertz CT molecular complexity index is 534. The smallest absolute Gasteiger partial charge is 0.322 e. The second-order valence-electron chi connectivity index (χ2n) is 3.68. The van der Waals surface area contributed by atoms with Gasteiger partial charge in [-0.15, -0.1) is 5.10 Å². The monoisotopic (exact) mass is 231 g/mol. The zero-order valence-corrected chi connectivity index (χ0v) is 9.73. The summed E-state index contributed by atoms with van der Waals surface area (Å²) in [4.78, 5) is 11.1. The Hall–Kier alpha value is -2.17. The molecule has 0 unspecified atom stereocenters. The van der Waals surface area contributed by atoms with E-state index in [1.54, 1.807) is 6.92 Å². The third-order valence-corrected chi connectivity index (χ3v) is 2.26. The lowest BCUT2D eigenvalue weighted by atomic mass is 10.1. The van der Waals surface area contributed by atoms with Crippen molar-refractivity contribution in [3.8, 4) is 11.5 Å². The number of nitrogens with one attached hydrogen (secondary N) is 1. The molecule has 0 bridgehead atoms. The molecular weight excluding hydrogens is 218 g/mol. The molecule has 0 radical (unpaired) electrons. The molecule has 0 saturated carbocycles. The van der Waals surface area contributed by atoms with E-state index in [1.165, 1.54) is 0 Å². The number of rotatable bonds is 3. The van der Waals surface area contributed by atoms with Crippen molar-refractivity contribution in [2.45, 2.75) is 20.3 Å². The maximum atomic E-state index is 11.1. The lowest BCUT2D eigenvalue weighted by Gasteiger charge is -1.97. The summed E-state index contributed by atoms with van der Waals surface area (Å²) in [6.45, 7) is 3.74. The van der Waals surface area contributed by atoms with Crippen molar-refractivity contribution in [2.24, 2.45) is 0 Å². The van der Waals surface area contributed by atoms with Crippen molar-refractivity contribution in [1.82, 2.24) is 10.2 Å². The molecule has 1 aromatic heterocycles. The van der Waals surface area contributed by atoms with E-state index in [0.29, 0.717) is 12.3 Å². The predicted molar refractivity (Wildman–Crippen MR) is 63.4 cm³/mol. The van der Waals surface area contributed by atoms with Crippen molar-refractivity contribution in [1.29, 1.82) is 0 Å². The van der Waals surface area contributed by atoms with Crippen molar-refractivity contribution in [3.63, 3.8) is 0 Å². The number of amides is 1. The minimum atomic E-state index is -0.149. The minimum Gasteiger partial charge on any atom is -0.403 e. The largest absolute Gasteiger partial charge is 0.403 e. The molecule has 2 rings (SSSR count). The molecule has 1 N–H and O–H groups in total. The highest BCUT2D eigenvalue weighted by molar-refractivity contribution is 5.88. The van der Waals surface area contributed by atoms with E-state index >= 15 is 0 Å². The van der Waals surface area contributed by atoms with Gasteiger partial charge in [0.05, 0.1) is 0 Å². The van der Waals surface area contributed by atoms with Crippen molar-refractivity contribution < 1.29 is 9.21 Å². The standard InChI is InChI=1S/C12H13N3O2/c1-3-10(16)13-12-15-14-11(17-12)9-6-4-5-8(2)7-9/h4-7H,3H2,1-2H3,(H,13,15,16). The third kappa shape index (κ3) is 2.69. The average Bonchev–Trinajstić information content (AvgIpc) is 2.77. The fourth-order valence-corrected chi connectivity index (χ4v) is 1.38. The van der Waals surface area contributed by atoms with Gasteiger partial charge in [0.15, 0.2) is 0 Å². The molecule has 0 fully saturated rings. The number of carbonyl (C=O) groups excluding carboxylic acids is 1. The van der Waals surface area contributed by atoms with E-state index in [4.69, 9.17) is 4.42 Å². The predicted octanol–water partition coefficient (Wildman–Crippen LogP) is 2.39. The molecule has 0 atom stereocenters. The summed E-state index contributed by atoms with van der Waals surface area (Å²) in [5, 5.41) is 10.2. The molecule has 1 heterocycles. The van der Waals surface area contributed by atoms with Gasteiger partial charge >= 0.3 is 6.01 Å². The summed E-state index contributed by atoms with van der Waals surface area (Å²) < 4.78 is 5.34. The maximum absolute atomic E-state index is 11.1. The number of aromatic nitrogens is 2. The summed E-state index contributed by atoms with van der Waals surface area (Å²) in [5.74, 6) is 0.254. The van der Waals surface area contributed by atoms with Crippen LogP contribution in [0.3, 0.4) is 0 Å². The number of anilines is 1. The summed E-state index contributed by atoms with van der Waals surface area (Å²) >= 11 is 0. The molecule has 0 aliphatic heterocycles. The molecule has 0 saturated heterocycles. The highest BCUT2D eigenvalue weighted by Crippen LogP contribution is 2.20. The van der Waals surface area contributed by atoms with Crippen LogP contribution < -0.4 is 5.32 Å².